The molecule has 1 aromatic heterocycles. The van der Waals surface area contributed by atoms with Crippen molar-refractivity contribution < 1.29 is 14.7 Å². The maximum atomic E-state index is 12.7. The summed E-state index contributed by atoms with van der Waals surface area (Å²) in [5, 5.41) is 12.6. The molecule has 3 rings (SSSR count). The van der Waals surface area contributed by atoms with E-state index in [0.717, 1.165) is 21.7 Å². The Morgan fingerprint density at radius 2 is 2.00 bits per heavy atom. The van der Waals surface area contributed by atoms with Crippen molar-refractivity contribution in [1.82, 2.24) is 15.2 Å². The summed E-state index contributed by atoms with van der Waals surface area (Å²) in [6.07, 6.45) is -0.312. The summed E-state index contributed by atoms with van der Waals surface area (Å²) >= 11 is 1.61. The number of carbonyl (C=O) groups is 2. The van der Waals surface area contributed by atoms with Crippen LogP contribution in [0.1, 0.15) is 38.4 Å². The first-order valence-corrected chi connectivity index (χ1v) is 11.0. The Morgan fingerprint density at radius 3 is 2.57 bits per heavy atom. The fourth-order valence-corrected chi connectivity index (χ4v) is 4.39. The Bertz CT molecular complexity index is 904. The smallest absolute Gasteiger partial charge is 0.244 e. The highest BCUT2D eigenvalue weighted by Gasteiger charge is 2.38. The van der Waals surface area contributed by atoms with Gasteiger partial charge in [0.2, 0.25) is 11.8 Å². The number of benzene rings is 1. The van der Waals surface area contributed by atoms with Crippen LogP contribution in [0.5, 0.6) is 0 Å². The van der Waals surface area contributed by atoms with Crippen molar-refractivity contribution in [2.75, 3.05) is 6.54 Å². The van der Waals surface area contributed by atoms with Crippen LogP contribution < -0.4 is 11.1 Å². The molecule has 3 atom stereocenters. The van der Waals surface area contributed by atoms with Crippen LogP contribution in [-0.4, -0.2) is 51.5 Å². The van der Waals surface area contributed by atoms with E-state index in [2.05, 4.69) is 10.3 Å². The van der Waals surface area contributed by atoms with Crippen LogP contribution in [-0.2, 0) is 16.1 Å². The summed E-state index contributed by atoms with van der Waals surface area (Å²) in [7, 11) is 0. The van der Waals surface area contributed by atoms with Gasteiger partial charge in [-0.15, -0.1) is 11.3 Å². The van der Waals surface area contributed by atoms with E-state index in [1.807, 2.05) is 62.4 Å². The third kappa shape index (κ3) is 5.13. The summed E-state index contributed by atoms with van der Waals surface area (Å²) < 4.78 is 0. The second-order valence-electron chi connectivity index (χ2n) is 9.00. The molecule has 8 heteroatoms. The number of nitrogens with zero attached hydrogens (tertiary/aromatic N) is 2. The summed E-state index contributed by atoms with van der Waals surface area (Å²) in [4.78, 5) is 32.4. The maximum absolute atomic E-state index is 12.7. The summed E-state index contributed by atoms with van der Waals surface area (Å²) in [5.74, 6) is -0.897. The standard InChI is InChI=1S/C22H30N4O3S/c1-13-18(30-12-24-13)15-7-5-14(6-8-15)10-26-11-16(27)9-17(26)20(28)25-21(29)19(23)22(2,3)4/h5-8,12,16-17,19,27H,9-11,23H2,1-4H3,(H,25,28,29)/t16-,17+,19-/m1/s1. The molecule has 4 N–H and O–H groups in total. The molecule has 2 heterocycles. The fourth-order valence-electron chi connectivity index (χ4n) is 3.58. The van der Waals surface area contributed by atoms with E-state index in [9.17, 15) is 14.7 Å². The van der Waals surface area contributed by atoms with Gasteiger partial charge in [-0.2, -0.15) is 0 Å². The minimum atomic E-state index is -0.788. The highest BCUT2D eigenvalue weighted by molar-refractivity contribution is 7.13. The van der Waals surface area contributed by atoms with E-state index >= 15 is 0 Å². The number of thiazole rings is 1. The van der Waals surface area contributed by atoms with Crippen LogP contribution in [0, 0.1) is 12.3 Å². The molecule has 0 bridgehead atoms. The molecule has 30 heavy (non-hydrogen) atoms. The summed E-state index contributed by atoms with van der Waals surface area (Å²) in [6, 6.07) is 6.78. The quantitative estimate of drug-likeness (QED) is 0.670. The zero-order valence-corrected chi connectivity index (χ0v) is 18.7. The molecule has 1 aliphatic rings. The van der Waals surface area contributed by atoms with Gasteiger partial charge in [0.15, 0.2) is 0 Å². The number of imide groups is 1. The fraction of sp³-hybridized carbons (Fsp3) is 0.500. The molecule has 0 unspecified atom stereocenters. The number of aryl methyl sites for hydroxylation is 1. The van der Waals surface area contributed by atoms with Crippen molar-refractivity contribution in [2.24, 2.45) is 11.1 Å². The number of amides is 2. The lowest BCUT2D eigenvalue weighted by Crippen LogP contribution is -2.53. The molecule has 1 aromatic carbocycles. The second-order valence-corrected chi connectivity index (χ2v) is 9.85. The molecule has 0 saturated carbocycles. The zero-order valence-electron chi connectivity index (χ0n) is 17.9. The van der Waals surface area contributed by atoms with Crippen molar-refractivity contribution >= 4 is 23.2 Å². The molecular weight excluding hydrogens is 400 g/mol. The van der Waals surface area contributed by atoms with E-state index in [4.69, 9.17) is 5.73 Å². The molecule has 162 valence electrons. The number of β-amino-alcohol motifs (C(OH)–C–C–N with tert-alkyl or cyclic N) is 1. The molecule has 1 fully saturated rings. The molecule has 2 amide bonds. The first-order valence-electron chi connectivity index (χ1n) is 10.1. The number of rotatable bonds is 5. The van der Waals surface area contributed by atoms with Crippen LogP contribution in [0.2, 0.25) is 0 Å². The number of carbonyl (C=O) groups excluding carboxylic acids is 2. The van der Waals surface area contributed by atoms with E-state index in [-0.39, 0.29) is 0 Å². The van der Waals surface area contributed by atoms with Gasteiger partial charge >= 0.3 is 0 Å². The molecule has 1 aliphatic heterocycles. The lowest BCUT2D eigenvalue weighted by molar-refractivity contribution is -0.134. The Hall–Kier alpha value is -2.13. The molecule has 0 radical (unpaired) electrons. The van der Waals surface area contributed by atoms with Crippen LogP contribution >= 0.6 is 11.3 Å². The number of nitrogens with two attached hydrogens (primary N) is 1. The Balaban J connectivity index is 1.67. The molecule has 7 nitrogen and oxygen atoms in total. The third-order valence-corrected chi connectivity index (χ3v) is 6.47. The van der Waals surface area contributed by atoms with Crippen LogP contribution in [0.3, 0.4) is 0 Å². The highest BCUT2D eigenvalue weighted by atomic mass is 32.1. The second kappa shape index (κ2) is 8.93. The third-order valence-electron chi connectivity index (χ3n) is 5.49. The minimum Gasteiger partial charge on any atom is -0.392 e. The molecule has 1 saturated heterocycles. The van der Waals surface area contributed by atoms with Gasteiger partial charge in [-0.3, -0.25) is 19.8 Å². The normalized spacial score (nSPS) is 20.9. The van der Waals surface area contributed by atoms with Crippen LogP contribution in [0.25, 0.3) is 10.4 Å². The van der Waals surface area contributed by atoms with Gasteiger partial charge < -0.3 is 10.8 Å². The van der Waals surface area contributed by atoms with Gasteiger partial charge in [-0.05, 0) is 29.9 Å². The lowest BCUT2D eigenvalue weighted by atomic mass is 9.87. The van der Waals surface area contributed by atoms with Crippen molar-refractivity contribution in [1.29, 1.82) is 0 Å². The number of hydrogen-bond donors (Lipinski definition) is 3. The van der Waals surface area contributed by atoms with E-state index in [0.29, 0.717) is 19.5 Å². The first-order chi connectivity index (χ1) is 14.1. The molecule has 0 aliphatic carbocycles. The van der Waals surface area contributed by atoms with E-state index in [1.165, 1.54) is 0 Å². The largest absolute Gasteiger partial charge is 0.392 e. The number of hydrogen-bond acceptors (Lipinski definition) is 7. The van der Waals surface area contributed by atoms with Crippen LogP contribution in [0.15, 0.2) is 29.8 Å². The number of aliphatic hydroxyl groups is 1. The molecular formula is C22H30N4O3S. The summed E-state index contributed by atoms with van der Waals surface area (Å²) in [5.41, 5.74) is 10.5. The van der Waals surface area contributed by atoms with E-state index < -0.39 is 35.4 Å². The Labute approximate surface area is 181 Å². The van der Waals surface area contributed by atoms with Crippen molar-refractivity contribution in [3.8, 4) is 10.4 Å². The van der Waals surface area contributed by atoms with Gasteiger partial charge in [0, 0.05) is 13.1 Å². The molecule has 0 spiro atoms. The predicted octanol–water partition coefficient (Wildman–Crippen LogP) is 2.07. The average Bonchev–Trinajstić information content (AvgIpc) is 3.26. The average molecular weight is 431 g/mol. The van der Waals surface area contributed by atoms with Gasteiger partial charge in [-0.25, -0.2) is 4.98 Å². The molecule has 2 aromatic rings. The monoisotopic (exact) mass is 430 g/mol. The van der Waals surface area contributed by atoms with Crippen LogP contribution in [0.4, 0.5) is 0 Å². The first kappa shape index (κ1) is 22.6. The van der Waals surface area contributed by atoms with Crippen molar-refractivity contribution in [3.63, 3.8) is 0 Å². The Kier molecular flexibility index (Phi) is 6.71. The number of likely N-dealkylation sites (tertiary alicyclic amines) is 1. The van der Waals surface area contributed by atoms with Gasteiger partial charge in [0.1, 0.15) is 0 Å². The number of aliphatic hydroxyl groups excluding tert-OH is 1. The topological polar surface area (TPSA) is 109 Å². The van der Waals surface area contributed by atoms with Crippen molar-refractivity contribution in [2.45, 2.75) is 58.8 Å². The van der Waals surface area contributed by atoms with Crippen molar-refractivity contribution in [3.05, 3.63) is 41.0 Å². The summed E-state index contributed by atoms with van der Waals surface area (Å²) in [6.45, 7) is 8.44. The maximum Gasteiger partial charge on any atom is 0.244 e. The lowest BCUT2D eigenvalue weighted by Gasteiger charge is -2.27. The van der Waals surface area contributed by atoms with Gasteiger partial charge in [0.05, 0.1) is 34.3 Å². The van der Waals surface area contributed by atoms with E-state index in [1.54, 1.807) is 11.3 Å². The zero-order chi connectivity index (χ0) is 22.1. The Morgan fingerprint density at radius 1 is 1.33 bits per heavy atom. The van der Waals surface area contributed by atoms with Gasteiger partial charge in [-0.1, -0.05) is 45.0 Å². The number of nitrogens with one attached hydrogen (secondary N) is 1. The predicted molar refractivity (Wildman–Crippen MR) is 118 cm³/mol. The highest BCUT2D eigenvalue weighted by Crippen LogP contribution is 2.28. The number of aromatic nitrogens is 1. The SMILES string of the molecule is Cc1ncsc1-c1ccc(CN2C[C@H](O)C[C@H]2C(=O)NC(=O)[C@@H](N)C(C)(C)C)cc1. The van der Waals surface area contributed by atoms with Gasteiger partial charge in [0.25, 0.3) is 0 Å². The minimum absolute atomic E-state index is 0.294.